The molecule has 0 atom stereocenters. The molecule has 0 spiro atoms. The molecule has 8 rings (SSSR count). The summed E-state index contributed by atoms with van der Waals surface area (Å²) in [7, 11) is -23.1. The minimum atomic E-state index is -4.90. The Kier molecular flexibility index (Phi) is 21.4. The van der Waals surface area contributed by atoms with E-state index in [4.69, 9.17) is 34.7 Å². The van der Waals surface area contributed by atoms with Crippen molar-refractivity contribution in [3.05, 3.63) is 89.0 Å². The highest BCUT2D eigenvalue weighted by molar-refractivity contribution is 7.99. The third-order valence-electron chi connectivity index (χ3n) is 11.3. The summed E-state index contributed by atoms with van der Waals surface area (Å²) in [5.74, 6) is -1.17. The monoisotopic (exact) mass is 1330 g/mol. The van der Waals surface area contributed by atoms with E-state index in [-0.39, 0.29) is 108 Å². The Balaban J connectivity index is 0.00000136. The smallest absolute Gasteiger partial charge is 0.425 e. The molecule has 3 aromatic heterocycles. The predicted octanol–water partition coefficient (Wildman–Crippen LogP) is 7.70. The second-order valence-electron chi connectivity index (χ2n) is 17.0. The molecule has 6 N–H and O–H groups in total. The molecule has 40 heteroatoms. The largest absolute Gasteiger partial charge is 0.494 e. The molecular formula is C45H40N10O22S8. The summed E-state index contributed by atoms with van der Waals surface area (Å²) < 4.78 is 197. The first-order valence-electron chi connectivity index (χ1n) is 23.0. The minimum absolute atomic E-state index is 0.0165. The molecule has 450 valence electrons. The number of pyridine rings is 1. The second kappa shape index (κ2) is 27.4. The van der Waals surface area contributed by atoms with Crippen molar-refractivity contribution in [2.45, 2.75) is 48.0 Å². The van der Waals surface area contributed by atoms with E-state index in [9.17, 15) is 67.4 Å². The summed E-state index contributed by atoms with van der Waals surface area (Å²) in [5.41, 5.74) is 1.71. The van der Waals surface area contributed by atoms with Gasteiger partial charge in [0, 0.05) is 27.5 Å². The summed E-state index contributed by atoms with van der Waals surface area (Å²) in [4.78, 5) is 7.96. The van der Waals surface area contributed by atoms with Crippen molar-refractivity contribution in [1.29, 1.82) is 5.26 Å². The van der Waals surface area contributed by atoms with Crippen LogP contribution in [0.25, 0.3) is 37.7 Å². The van der Waals surface area contributed by atoms with Crippen LogP contribution in [-0.2, 0) is 68.3 Å². The first-order valence-corrected chi connectivity index (χ1v) is 32.9. The average molecular weight is 1330 g/mol. The number of nitrogens with zero attached hydrogens (tertiary/aromatic N) is 10. The van der Waals surface area contributed by atoms with Crippen LogP contribution in [-0.4, -0.2) is 133 Å². The Labute approximate surface area is 491 Å². The van der Waals surface area contributed by atoms with E-state index in [1.165, 1.54) is 41.8 Å². The van der Waals surface area contributed by atoms with Crippen LogP contribution < -0.4 is 9.47 Å². The summed E-state index contributed by atoms with van der Waals surface area (Å²) in [5, 5.41) is 58.5. The lowest BCUT2D eigenvalue weighted by Gasteiger charge is -2.12. The Bertz CT molecular complexity index is 4800. The van der Waals surface area contributed by atoms with Gasteiger partial charge in [0.2, 0.25) is 11.0 Å². The molecule has 0 unspecified atom stereocenters. The van der Waals surface area contributed by atoms with Crippen molar-refractivity contribution in [1.82, 2.24) is 14.4 Å². The van der Waals surface area contributed by atoms with Crippen LogP contribution in [0.2, 0.25) is 0 Å². The van der Waals surface area contributed by atoms with Crippen molar-refractivity contribution in [3.8, 4) is 23.4 Å². The minimum Gasteiger partial charge on any atom is -0.494 e. The third-order valence-corrected chi connectivity index (χ3v) is 16.8. The second-order valence-corrected chi connectivity index (χ2v) is 25.8. The fourth-order valence-corrected chi connectivity index (χ4v) is 12.0. The van der Waals surface area contributed by atoms with E-state index in [0.717, 1.165) is 41.3 Å². The number of aromatic hydroxyl groups is 1. The number of nitriles is 1. The number of thioether (sulfide) groups is 1. The third kappa shape index (κ3) is 17.1. The molecule has 0 radical (unpaired) electrons. The lowest BCUT2D eigenvalue weighted by atomic mass is 10.1. The number of imidazole rings is 1. The van der Waals surface area contributed by atoms with Gasteiger partial charge in [0.15, 0.2) is 11.3 Å². The van der Waals surface area contributed by atoms with E-state index < -0.39 is 95.5 Å². The average Bonchev–Trinajstić information content (AvgIpc) is 2.60. The molecule has 85 heavy (non-hydrogen) atoms. The van der Waals surface area contributed by atoms with Crippen molar-refractivity contribution in [2.75, 3.05) is 31.0 Å². The topological polar surface area (TPSA) is 507 Å². The van der Waals surface area contributed by atoms with Gasteiger partial charge in [-0.3, -0.25) is 22.6 Å². The quantitative estimate of drug-likeness (QED) is 0.0184. The molecule has 32 nitrogen and oxygen atoms in total. The van der Waals surface area contributed by atoms with Crippen molar-refractivity contribution in [2.24, 2.45) is 30.7 Å². The maximum absolute atomic E-state index is 12.5. The summed E-state index contributed by atoms with van der Waals surface area (Å²) in [6.07, 6.45) is -0.192. The molecule has 0 saturated heterocycles. The van der Waals surface area contributed by atoms with Gasteiger partial charge in [-0.25, -0.2) is 9.97 Å². The number of azo groups is 3. The van der Waals surface area contributed by atoms with Crippen molar-refractivity contribution < 1.29 is 96.8 Å². The zero-order valence-electron chi connectivity index (χ0n) is 43.3. The van der Waals surface area contributed by atoms with Crippen LogP contribution in [0.1, 0.15) is 35.1 Å². The van der Waals surface area contributed by atoms with Gasteiger partial charge in [-0.15, -0.1) is 62.6 Å². The van der Waals surface area contributed by atoms with Gasteiger partial charge in [0.1, 0.15) is 44.7 Å². The Morgan fingerprint density at radius 2 is 1.35 bits per heavy atom. The summed E-state index contributed by atoms with van der Waals surface area (Å²) in [6.45, 7) is 2.26. The number of fused-ring (bicyclic) bond motifs is 6. The van der Waals surface area contributed by atoms with Crippen LogP contribution in [0, 0.1) is 25.2 Å². The number of para-hydroxylation sites is 1. The van der Waals surface area contributed by atoms with Crippen LogP contribution in [0.4, 0.5) is 33.6 Å². The standard InChI is InChI=1S/C45H40N10O16S6.2O3S/c1-23-15-32(51-53-39-24(2)29(21-46)43-47-40-34(55(43)44(39)57)7-4-8-35(40)70-3)36(71-11-5-13-74(58,59)60)19-30(23)49-52-33-16-26(22-56)31(20-37(33)72-12-6-14-75(61,62)63)50-54-45-48-41-38(77(67,68)69)17-25-9-10-27(76(64,65)66)18-28(25)42(41)73-45;2*1-4(2)3/h4,7-10,15-20,56-57H,5-6,11-14,22H2,1-3H3,(H,58,59,60)(H,61,62,63)(H,64,65,66)(H,67,68,69);;. The number of hydrogen-bond acceptors (Lipinski definition) is 29. The fourth-order valence-electron chi connectivity index (χ4n) is 7.69. The summed E-state index contributed by atoms with van der Waals surface area (Å²) >= 11 is 1.83. The number of methoxy groups -OCH3 is 1. The van der Waals surface area contributed by atoms with Crippen LogP contribution >= 0.6 is 23.1 Å². The molecular weight excluding hydrogens is 1290 g/mol. The van der Waals surface area contributed by atoms with E-state index in [2.05, 4.69) is 46.7 Å². The number of aliphatic hydroxyl groups is 1. The van der Waals surface area contributed by atoms with E-state index >= 15 is 0 Å². The molecule has 0 aliphatic heterocycles. The number of aryl methyl sites for hydroxylation is 1. The molecule has 0 amide bonds. The highest BCUT2D eigenvalue weighted by atomic mass is 32.2. The molecule has 5 aromatic carbocycles. The van der Waals surface area contributed by atoms with Gasteiger partial charge in [-0.2, -0.15) is 44.0 Å². The molecule has 0 aliphatic carbocycles. The van der Waals surface area contributed by atoms with Gasteiger partial charge in [0.05, 0.1) is 64.0 Å². The van der Waals surface area contributed by atoms with E-state index in [1.807, 2.05) is 0 Å². The maximum atomic E-state index is 12.5. The van der Waals surface area contributed by atoms with Gasteiger partial charge < -0.3 is 19.7 Å². The van der Waals surface area contributed by atoms with E-state index in [0.29, 0.717) is 27.2 Å². The molecule has 3 heterocycles. The molecule has 0 fully saturated rings. The number of aromatic nitrogens is 3. The zero-order valence-corrected chi connectivity index (χ0v) is 49.8. The number of aliphatic hydroxyl groups excluding tert-OH is 1. The van der Waals surface area contributed by atoms with E-state index in [1.54, 1.807) is 32.0 Å². The molecule has 0 saturated carbocycles. The predicted molar refractivity (Wildman–Crippen MR) is 301 cm³/mol. The summed E-state index contributed by atoms with van der Waals surface area (Å²) in [6, 6.07) is 17.3. The van der Waals surface area contributed by atoms with Gasteiger partial charge in [-0.1, -0.05) is 23.5 Å². The normalized spacial score (nSPS) is 12.2. The Morgan fingerprint density at radius 1 is 0.718 bits per heavy atom. The molecule has 0 aliphatic rings. The SMILES string of the molecule is COc1cccc2c1nc1c(C#N)c(C)c(N=Nc3cc(C)c(N=Nc4cc(CO)c(N=Nc5nc6c(S(=O)(=O)O)cc7ccc(S(=O)(=O)O)cc7c6s5)cc4SCCCS(=O)(=O)O)cc3OCCCS(=O)(=O)O)c(O)n12.O=S(=O)=O.O=S(=O)=O. The lowest BCUT2D eigenvalue weighted by Crippen LogP contribution is -2.08. The van der Waals surface area contributed by atoms with Crippen molar-refractivity contribution in [3.63, 3.8) is 0 Å². The number of thiazole rings is 1. The highest BCUT2D eigenvalue weighted by Gasteiger charge is 2.25. The van der Waals surface area contributed by atoms with Gasteiger partial charge in [-0.05, 0) is 91.9 Å². The number of hydrogen-bond donors (Lipinski definition) is 6. The van der Waals surface area contributed by atoms with Gasteiger partial charge >= 0.3 is 21.2 Å². The maximum Gasteiger partial charge on any atom is 0.425 e. The highest BCUT2D eigenvalue weighted by Crippen LogP contribution is 2.44. The fraction of sp³-hybridized carbons (Fsp3) is 0.222. The molecule has 0 bridgehead atoms. The van der Waals surface area contributed by atoms with Crippen LogP contribution in [0.15, 0.2) is 112 Å². The van der Waals surface area contributed by atoms with Crippen LogP contribution in [0.5, 0.6) is 17.4 Å². The van der Waals surface area contributed by atoms with Crippen molar-refractivity contribution >= 4 is 156 Å². The number of rotatable bonds is 20. The number of benzene rings is 5. The van der Waals surface area contributed by atoms with Crippen LogP contribution in [0.3, 0.4) is 0 Å². The molecule has 8 aromatic rings. The first kappa shape index (κ1) is 66.2. The first-order chi connectivity index (χ1) is 39.7. The number of ether oxygens (including phenoxy) is 2. The zero-order chi connectivity index (χ0) is 62.9. The Hall–Kier alpha value is -7.92. The van der Waals surface area contributed by atoms with Gasteiger partial charge in [0.25, 0.3) is 40.5 Å². The lowest BCUT2D eigenvalue weighted by molar-refractivity contribution is 0.282. The Morgan fingerprint density at radius 3 is 1.96 bits per heavy atom.